The Morgan fingerprint density at radius 2 is 1.78 bits per heavy atom. The number of para-hydroxylation sites is 2. The van der Waals surface area contributed by atoms with Crippen LogP contribution in [0, 0.1) is 13.8 Å². The maximum atomic E-state index is 13.8. The fraction of sp³-hybridized carbons (Fsp3) is 0.240. The number of thiazole rings is 1. The number of rotatable bonds is 8. The van der Waals surface area contributed by atoms with Crippen molar-refractivity contribution in [3.63, 3.8) is 0 Å². The molecule has 1 atom stereocenters. The van der Waals surface area contributed by atoms with Crippen LogP contribution in [0.15, 0.2) is 57.8 Å². The van der Waals surface area contributed by atoms with E-state index in [0.717, 1.165) is 6.07 Å². The molecular weight excluding hydrogens is 514 g/mol. The van der Waals surface area contributed by atoms with Gasteiger partial charge < -0.3 is 15.8 Å². The van der Waals surface area contributed by atoms with Gasteiger partial charge in [-0.05, 0) is 52.0 Å². The predicted molar refractivity (Wildman–Crippen MR) is 141 cm³/mol. The number of carbonyl (C=O) groups is 2. The number of nitrogens with two attached hydrogens (primary N) is 1. The van der Waals surface area contributed by atoms with Crippen molar-refractivity contribution in [3.8, 4) is 0 Å². The molecule has 2 aromatic heterocycles. The lowest BCUT2D eigenvalue weighted by atomic mass is 9.91. The summed E-state index contributed by atoms with van der Waals surface area (Å²) in [5.41, 5.74) is 5.67. The minimum Gasteiger partial charge on any atom is -0.384 e. The number of nitrogens with one attached hydrogen (secondary N) is 1. The first-order valence-electron chi connectivity index (χ1n) is 11.2. The molecule has 0 aliphatic rings. The molecule has 1 unspecified atom stereocenters. The van der Waals surface area contributed by atoms with Crippen LogP contribution >= 0.6 is 11.3 Å². The van der Waals surface area contributed by atoms with Gasteiger partial charge in [0, 0.05) is 5.56 Å². The van der Waals surface area contributed by atoms with Gasteiger partial charge in [-0.3, -0.25) is 9.59 Å². The standard InChI is InChI=1S/C25H25N5O5S2/c1-13-22(36-14(2)27-13)21(32)19(23-28-17-10-5-6-11-18(17)29-23)20(31)15-8-7-9-16(12-15)37(34,35)30-24(26)25(3,4)33/h5-12,19,33H,1-4H3,(H2,26,30)(H,28,29). The Balaban J connectivity index is 1.82. The Morgan fingerprint density at radius 3 is 2.41 bits per heavy atom. The minimum atomic E-state index is -4.35. The monoisotopic (exact) mass is 539 g/mol. The molecule has 0 radical (unpaired) electrons. The van der Waals surface area contributed by atoms with Crippen LogP contribution < -0.4 is 5.73 Å². The van der Waals surface area contributed by atoms with Gasteiger partial charge in [-0.1, -0.05) is 24.3 Å². The van der Waals surface area contributed by atoms with Crippen LogP contribution in [0.5, 0.6) is 0 Å². The lowest BCUT2D eigenvalue weighted by Crippen LogP contribution is -2.38. The second-order valence-corrected chi connectivity index (χ2v) is 11.8. The topological polar surface area (TPSA) is 168 Å². The van der Waals surface area contributed by atoms with Crippen LogP contribution in [-0.2, 0) is 10.0 Å². The number of aromatic amines is 1. The van der Waals surface area contributed by atoms with Crippen LogP contribution in [0.2, 0.25) is 0 Å². The van der Waals surface area contributed by atoms with Gasteiger partial charge in [-0.2, -0.15) is 8.42 Å². The molecule has 0 aliphatic heterocycles. The van der Waals surface area contributed by atoms with Crippen LogP contribution in [-0.4, -0.2) is 51.5 Å². The molecular formula is C25H25N5O5S2. The smallest absolute Gasteiger partial charge is 0.284 e. The van der Waals surface area contributed by atoms with E-state index in [1.165, 1.54) is 43.4 Å². The molecule has 10 nitrogen and oxygen atoms in total. The van der Waals surface area contributed by atoms with E-state index < -0.39 is 38.9 Å². The van der Waals surface area contributed by atoms with Crippen LogP contribution in [0.25, 0.3) is 11.0 Å². The summed E-state index contributed by atoms with van der Waals surface area (Å²) >= 11 is 1.18. The lowest BCUT2D eigenvalue weighted by Gasteiger charge is -2.16. The first kappa shape index (κ1) is 26.3. The number of ketones is 2. The molecule has 37 heavy (non-hydrogen) atoms. The van der Waals surface area contributed by atoms with Crippen LogP contribution in [0.1, 0.15) is 56.3 Å². The number of benzene rings is 2. The fourth-order valence-corrected chi connectivity index (χ4v) is 5.64. The van der Waals surface area contributed by atoms with E-state index in [9.17, 15) is 23.1 Å². The molecule has 192 valence electrons. The number of Topliss-reactive ketones (excluding diaryl/α,β-unsaturated/α-hetero) is 2. The minimum absolute atomic E-state index is 0.0317. The highest BCUT2D eigenvalue weighted by Gasteiger charge is 2.35. The van der Waals surface area contributed by atoms with Gasteiger partial charge in [0.2, 0.25) is 0 Å². The van der Waals surface area contributed by atoms with Crippen molar-refractivity contribution in [2.24, 2.45) is 10.1 Å². The van der Waals surface area contributed by atoms with Gasteiger partial charge in [0.25, 0.3) is 10.0 Å². The zero-order valence-electron chi connectivity index (χ0n) is 20.5. The van der Waals surface area contributed by atoms with E-state index >= 15 is 0 Å². The Labute approximate surface area is 217 Å². The number of imidazole rings is 1. The lowest BCUT2D eigenvalue weighted by molar-refractivity contribution is 0.0858. The highest BCUT2D eigenvalue weighted by atomic mass is 32.2. The Kier molecular flexibility index (Phi) is 6.84. The molecule has 0 bridgehead atoms. The number of nitrogens with zero attached hydrogens (tertiary/aromatic N) is 3. The maximum Gasteiger partial charge on any atom is 0.284 e. The number of sulfonamides is 1. The van der Waals surface area contributed by atoms with Gasteiger partial charge in [-0.15, -0.1) is 15.7 Å². The molecule has 12 heteroatoms. The summed E-state index contributed by atoms with van der Waals surface area (Å²) in [5, 5.41) is 10.6. The largest absolute Gasteiger partial charge is 0.384 e. The predicted octanol–water partition coefficient (Wildman–Crippen LogP) is 3.30. The Hall–Kier alpha value is -3.74. The fourth-order valence-electron chi connectivity index (χ4n) is 3.64. The summed E-state index contributed by atoms with van der Waals surface area (Å²) in [6, 6.07) is 12.3. The van der Waals surface area contributed by atoms with Crippen molar-refractivity contribution in [2.45, 2.75) is 44.1 Å². The highest BCUT2D eigenvalue weighted by Crippen LogP contribution is 2.30. The number of carbonyl (C=O) groups excluding carboxylic acids is 2. The quantitative estimate of drug-likeness (QED) is 0.133. The highest BCUT2D eigenvalue weighted by molar-refractivity contribution is 7.90. The van der Waals surface area contributed by atoms with Gasteiger partial charge in [0.15, 0.2) is 11.6 Å². The van der Waals surface area contributed by atoms with Crippen molar-refractivity contribution in [1.82, 2.24) is 15.0 Å². The summed E-state index contributed by atoms with van der Waals surface area (Å²) in [5.74, 6) is -2.88. The molecule has 0 spiro atoms. The second-order valence-electron chi connectivity index (χ2n) is 8.99. The van der Waals surface area contributed by atoms with E-state index in [1.54, 1.807) is 38.1 Å². The number of hydrogen-bond acceptors (Lipinski definition) is 8. The van der Waals surface area contributed by atoms with Gasteiger partial charge in [0.1, 0.15) is 23.2 Å². The number of aromatic nitrogens is 3. The van der Waals surface area contributed by atoms with Crippen molar-refractivity contribution in [2.75, 3.05) is 0 Å². The van der Waals surface area contributed by atoms with Gasteiger partial charge in [0.05, 0.1) is 31.5 Å². The van der Waals surface area contributed by atoms with E-state index in [4.69, 9.17) is 5.73 Å². The van der Waals surface area contributed by atoms with Crippen LogP contribution in [0.4, 0.5) is 0 Å². The normalized spacial score (nSPS) is 13.6. The summed E-state index contributed by atoms with van der Waals surface area (Å²) in [4.78, 5) is 39.4. The molecule has 2 aromatic carbocycles. The van der Waals surface area contributed by atoms with Crippen molar-refractivity contribution in [1.29, 1.82) is 0 Å². The Morgan fingerprint density at radius 1 is 1.08 bits per heavy atom. The third-order valence-corrected chi connectivity index (χ3v) is 7.97. The number of aryl methyl sites for hydroxylation is 2. The first-order chi connectivity index (χ1) is 17.3. The zero-order valence-corrected chi connectivity index (χ0v) is 22.1. The molecule has 0 saturated carbocycles. The SMILES string of the molecule is Cc1nc(C)c(C(=O)C(C(=O)c2cccc(S(=O)(=O)N=C(N)C(C)(C)O)c2)c2nc3ccccc3[nH]2)s1. The van der Waals surface area contributed by atoms with Crippen molar-refractivity contribution >= 4 is 49.8 Å². The van der Waals surface area contributed by atoms with Gasteiger partial charge in [-0.25, -0.2) is 9.97 Å². The first-order valence-corrected chi connectivity index (χ1v) is 13.4. The summed E-state index contributed by atoms with van der Waals surface area (Å²) in [7, 11) is -4.35. The van der Waals surface area contributed by atoms with E-state index in [1.807, 2.05) is 0 Å². The third-order valence-electron chi connectivity index (χ3n) is 5.59. The molecule has 0 aliphatic carbocycles. The van der Waals surface area contributed by atoms with Gasteiger partial charge >= 0.3 is 0 Å². The Bertz CT molecular complexity index is 1630. The second kappa shape index (κ2) is 9.61. The average molecular weight is 540 g/mol. The van der Waals surface area contributed by atoms with E-state index in [-0.39, 0.29) is 16.3 Å². The third kappa shape index (κ3) is 5.36. The van der Waals surface area contributed by atoms with Crippen molar-refractivity contribution < 1.29 is 23.1 Å². The zero-order chi connectivity index (χ0) is 27.1. The molecule has 4 N–H and O–H groups in total. The van der Waals surface area contributed by atoms with Crippen LogP contribution in [0.3, 0.4) is 0 Å². The molecule has 0 amide bonds. The summed E-state index contributed by atoms with van der Waals surface area (Å²) in [6.45, 7) is 6.05. The number of amidine groups is 1. The molecule has 4 aromatic rings. The summed E-state index contributed by atoms with van der Waals surface area (Å²) in [6.07, 6.45) is 0. The number of fused-ring (bicyclic) bond motifs is 1. The average Bonchev–Trinajstić information content (AvgIpc) is 3.40. The molecule has 0 saturated heterocycles. The maximum absolute atomic E-state index is 13.8. The number of H-pyrrole nitrogens is 1. The molecule has 2 heterocycles. The number of hydrogen-bond donors (Lipinski definition) is 3. The molecule has 0 fully saturated rings. The van der Waals surface area contributed by atoms with E-state index in [0.29, 0.717) is 26.6 Å². The molecule has 4 rings (SSSR count). The van der Waals surface area contributed by atoms with E-state index in [2.05, 4.69) is 19.3 Å². The van der Waals surface area contributed by atoms with Crippen molar-refractivity contribution in [3.05, 3.63) is 75.5 Å². The number of aliphatic hydroxyl groups is 1. The summed E-state index contributed by atoms with van der Waals surface area (Å²) < 4.78 is 29.2.